The molecule has 2 rings (SSSR count). The van der Waals surface area contributed by atoms with E-state index in [1.165, 1.54) is 0 Å². The molecule has 100 valence electrons. The molecule has 5 nitrogen and oxygen atoms in total. The molecule has 1 aromatic rings. The summed E-state index contributed by atoms with van der Waals surface area (Å²) in [6.45, 7) is 8.76. The molecule has 1 aliphatic heterocycles. The first-order valence-electron chi connectivity index (χ1n) is 6.56. The van der Waals surface area contributed by atoms with E-state index in [2.05, 4.69) is 31.2 Å². The fourth-order valence-electron chi connectivity index (χ4n) is 2.42. The van der Waals surface area contributed by atoms with E-state index in [1.54, 1.807) is 0 Å². The predicted octanol–water partition coefficient (Wildman–Crippen LogP) is 0.977. The van der Waals surface area contributed by atoms with Gasteiger partial charge in [0.05, 0.1) is 0 Å². The predicted molar refractivity (Wildman–Crippen MR) is 70.7 cm³/mol. The lowest BCUT2D eigenvalue weighted by Gasteiger charge is -2.33. The molecule has 1 saturated heterocycles. The van der Waals surface area contributed by atoms with Gasteiger partial charge < -0.3 is 10.2 Å². The van der Waals surface area contributed by atoms with Gasteiger partial charge in [-0.3, -0.25) is 9.48 Å². The van der Waals surface area contributed by atoms with Gasteiger partial charge in [0.25, 0.3) is 5.91 Å². The first-order chi connectivity index (χ1) is 8.50. The van der Waals surface area contributed by atoms with Crippen LogP contribution in [0.3, 0.4) is 0 Å². The molecule has 0 bridgehead atoms. The second kappa shape index (κ2) is 5.10. The summed E-state index contributed by atoms with van der Waals surface area (Å²) in [6, 6.07) is 2.15. The maximum atomic E-state index is 12.4. The minimum atomic E-state index is 0.0477. The van der Waals surface area contributed by atoms with Crippen LogP contribution in [0.5, 0.6) is 0 Å². The number of hydrogen-bond donors (Lipinski definition) is 1. The molecule has 0 spiro atoms. The van der Waals surface area contributed by atoms with Crippen LogP contribution in [-0.4, -0.2) is 46.3 Å². The van der Waals surface area contributed by atoms with Crippen molar-refractivity contribution in [2.75, 3.05) is 19.6 Å². The van der Waals surface area contributed by atoms with Crippen molar-refractivity contribution in [2.24, 2.45) is 7.05 Å². The van der Waals surface area contributed by atoms with Gasteiger partial charge >= 0.3 is 0 Å². The average molecular weight is 250 g/mol. The van der Waals surface area contributed by atoms with Crippen molar-refractivity contribution in [3.63, 3.8) is 0 Å². The van der Waals surface area contributed by atoms with Crippen LogP contribution in [-0.2, 0) is 7.05 Å². The Morgan fingerprint density at radius 1 is 1.56 bits per heavy atom. The number of hydrogen-bond acceptors (Lipinski definition) is 3. The maximum absolute atomic E-state index is 12.4. The average Bonchev–Trinajstić information content (AvgIpc) is 2.71. The lowest BCUT2D eigenvalue weighted by Crippen LogP contribution is -2.52. The second-order valence-corrected chi connectivity index (χ2v) is 5.28. The van der Waals surface area contributed by atoms with Crippen molar-refractivity contribution in [2.45, 2.75) is 32.7 Å². The Morgan fingerprint density at radius 2 is 2.28 bits per heavy atom. The van der Waals surface area contributed by atoms with Crippen LogP contribution in [0.25, 0.3) is 0 Å². The standard InChI is InChI=1S/C13H22N4O/c1-9(2)12-7-11(15-16(12)4)13(18)17-6-5-14-8-10(17)3/h7,9-10,14H,5-6,8H2,1-4H3/t10-/m1/s1. The highest BCUT2D eigenvalue weighted by molar-refractivity contribution is 5.92. The lowest BCUT2D eigenvalue weighted by molar-refractivity contribution is 0.0649. The van der Waals surface area contributed by atoms with Gasteiger partial charge in [0.15, 0.2) is 5.69 Å². The summed E-state index contributed by atoms with van der Waals surface area (Å²) < 4.78 is 1.81. The number of nitrogens with one attached hydrogen (secondary N) is 1. The van der Waals surface area contributed by atoms with Crippen molar-refractivity contribution in [1.82, 2.24) is 20.0 Å². The molecule has 0 aromatic carbocycles. The summed E-state index contributed by atoms with van der Waals surface area (Å²) in [5.41, 5.74) is 1.66. The first-order valence-corrected chi connectivity index (χ1v) is 6.56. The molecule has 1 atom stereocenters. The van der Waals surface area contributed by atoms with Gasteiger partial charge in [0, 0.05) is 38.4 Å². The quantitative estimate of drug-likeness (QED) is 0.851. The second-order valence-electron chi connectivity index (χ2n) is 5.28. The highest BCUT2D eigenvalue weighted by atomic mass is 16.2. The molecular weight excluding hydrogens is 228 g/mol. The number of piperazine rings is 1. The Bertz CT molecular complexity index is 438. The van der Waals surface area contributed by atoms with Gasteiger partial charge in [0.2, 0.25) is 0 Å². The van der Waals surface area contributed by atoms with E-state index in [1.807, 2.05) is 22.7 Å². The van der Waals surface area contributed by atoms with Crippen molar-refractivity contribution < 1.29 is 4.79 Å². The largest absolute Gasteiger partial charge is 0.332 e. The molecule has 1 aliphatic rings. The zero-order valence-corrected chi connectivity index (χ0v) is 11.6. The smallest absolute Gasteiger partial charge is 0.274 e. The first kappa shape index (κ1) is 13.1. The summed E-state index contributed by atoms with van der Waals surface area (Å²) in [5.74, 6) is 0.427. The lowest BCUT2D eigenvalue weighted by atomic mass is 10.1. The van der Waals surface area contributed by atoms with E-state index in [0.29, 0.717) is 11.6 Å². The molecular formula is C13H22N4O. The van der Waals surface area contributed by atoms with Gasteiger partial charge in [0.1, 0.15) is 0 Å². The topological polar surface area (TPSA) is 50.2 Å². The highest BCUT2D eigenvalue weighted by Gasteiger charge is 2.26. The van der Waals surface area contributed by atoms with Crippen molar-refractivity contribution in [3.8, 4) is 0 Å². The third-order valence-electron chi connectivity index (χ3n) is 3.49. The number of carbonyl (C=O) groups is 1. The number of carbonyl (C=O) groups excluding carboxylic acids is 1. The summed E-state index contributed by atoms with van der Waals surface area (Å²) in [7, 11) is 1.90. The van der Waals surface area contributed by atoms with E-state index in [-0.39, 0.29) is 11.9 Å². The van der Waals surface area contributed by atoms with E-state index in [0.717, 1.165) is 25.3 Å². The van der Waals surface area contributed by atoms with E-state index < -0.39 is 0 Å². The normalized spacial score (nSPS) is 20.5. The summed E-state index contributed by atoms with van der Waals surface area (Å²) >= 11 is 0. The van der Waals surface area contributed by atoms with Crippen LogP contribution in [0.15, 0.2) is 6.07 Å². The fraction of sp³-hybridized carbons (Fsp3) is 0.692. The molecule has 1 fully saturated rings. The van der Waals surface area contributed by atoms with Crippen LogP contribution < -0.4 is 5.32 Å². The summed E-state index contributed by atoms with van der Waals surface area (Å²) in [4.78, 5) is 14.3. The van der Waals surface area contributed by atoms with Crippen LogP contribution in [0.2, 0.25) is 0 Å². The van der Waals surface area contributed by atoms with Crippen LogP contribution >= 0.6 is 0 Å². The summed E-state index contributed by atoms with van der Waals surface area (Å²) in [6.07, 6.45) is 0. The van der Waals surface area contributed by atoms with Crippen molar-refractivity contribution >= 4 is 5.91 Å². The number of amides is 1. The molecule has 2 heterocycles. The van der Waals surface area contributed by atoms with Crippen LogP contribution in [0.4, 0.5) is 0 Å². The number of nitrogens with zero attached hydrogens (tertiary/aromatic N) is 3. The minimum Gasteiger partial charge on any atom is -0.332 e. The number of aryl methyl sites for hydroxylation is 1. The van der Waals surface area contributed by atoms with Gasteiger partial charge in [-0.05, 0) is 18.9 Å². The number of rotatable bonds is 2. The van der Waals surface area contributed by atoms with Crippen LogP contribution in [0.1, 0.15) is 42.9 Å². The Labute approximate surface area is 108 Å². The van der Waals surface area contributed by atoms with E-state index in [4.69, 9.17) is 0 Å². The SMILES string of the molecule is CC(C)c1cc(C(=O)N2CCNC[C@H]2C)nn1C. The Balaban J connectivity index is 2.20. The van der Waals surface area contributed by atoms with Gasteiger partial charge in [-0.15, -0.1) is 0 Å². The van der Waals surface area contributed by atoms with E-state index in [9.17, 15) is 4.79 Å². The maximum Gasteiger partial charge on any atom is 0.274 e. The van der Waals surface area contributed by atoms with Crippen molar-refractivity contribution in [3.05, 3.63) is 17.5 Å². The third kappa shape index (κ3) is 2.41. The van der Waals surface area contributed by atoms with Crippen molar-refractivity contribution in [1.29, 1.82) is 0 Å². The minimum absolute atomic E-state index is 0.0477. The van der Waals surface area contributed by atoms with Crippen LogP contribution in [0, 0.1) is 0 Å². The zero-order valence-electron chi connectivity index (χ0n) is 11.6. The molecule has 1 N–H and O–H groups in total. The van der Waals surface area contributed by atoms with Gasteiger partial charge in [-0.1, -0.05) is 13.8 Å². The van der Waals surface area contributed by atoms with Gasteiger partial charge in [-0.2, -0.15) is 5.10 Å². The third-order valence-corrected chi connectivity index (χ3v) is 3.49. The molecule has 1 aromatic heterocycles. The molecule has 18 heavy (non-hydrogen) atoms. The number of aromatic nitrogens is 2. The Hall–Kier alpha value is -1.36. The molecule has 0 aliphatic carbocycles. The summed E-state index contributed by atoms with van der Waals surface area (Å²) in [5, 5.41) is 7.63. The monoisotopic (exact) mass is 250 g/mol. The zero-order chi connectivity index (χ0) is 13.3. The molecule has 0 radical (unpaired) electrons. The Kier molecular flexibility index (Phi) is 3.71. The highest BCUT2D eigenvalue weighted by Crippen LogP contribution is 2.17. The molecule has 0 saturated carbocycles. The molecule has 0 unspecified atom stereocenters. The molecule has 1 amide bonds. The van der Waals surface area contributed by atoms with Gasteiger partial charge in [-0.25, -0.2) is 0 Å². The molecule has 5 heteroatoms. The Morgan fingerprint density at radius 3 is 2.83 bits per heavy atom. The fourth-order valence-corrected chi connectivity index (χ4v) is 2.42. The van der Waals surface area contributed by atoms with E-state index >= 15 is 0 Å².